The van der Waals surface area contributed by atoms with Gasteiger partial charge in [0.15, 0.2) is 0 Å². The molecule has 0 radical (unpaired) electrons. The molecular formula is C26H27FN2O2. The van der Waals surface area contributed by atoms with Crippen molar-refractivity contribution in [2.45, 2.75) is 25.0 Å². The number of pyridine rings is 1. The van der Waals surface area contributed by atoms with Crippen LogP contribution in [0.4, 0.5) is 4.39 Å². The number of aliphatic hydroxyl groups excluding tert-OH is 1. The number of aromatic nitrogens is 1. The number of methoxy groups -OCH3 is 1. The van der Waals surface area contributed by atoms with Crippen molar-refractivity contribution in [2.75, 3.05) is 20.2 Å². The van der Waals surface area contributed by atoms with Crippen LogP contribution in [0.5, 0.6) is 5.75 Å². The summed E-state index contributed by atoms with van der Waals surface area (Å²) in [5, 5.41) is 12.3. The normalized spacial score (nSPS) is 26.4. The van der Waals surface area contributed by atoms with Gasteiger partial charge in [0.1, 0.15) is 11.6 Å². The molecule has 3 fully saturated rings. The van der Waals surface area contributed by atoms with Crippen LogP contribution in [0, 0.1) is 17.7 Å². The molecule has 3 aromatic rings. The van der Waals surface area contributed by atoms with E-state index < -0.39 is 6.10 Å². The fourth-order valence-electron chi connectivity index (χ4n) is 5.20. The second kappa shape index (κ2) is 8.40. The lowest BCUT2D eigenvalue weighted by molar-refractivity contribution is -0.0444. The Kier molecular flexibility index (Phi) is 5.47. The fraction of sp³-hybridized carbons (Fsp3) is 0.346. The summed E-state index contributed by atoms with van der Waals surface area (Å²) in [4.78, 5) is 6.88. The first-order valence-electron chi connectivity index (χ1n) is 10.9. The zero-order chi connectivity index (χ0) is 21.4. The van der Waals surface area contributed by atoms with Gasteiger partial charge in [-0.05, 0) is 78.7 Å². The topological polar surface area (TPSA) is 45.6 Å². The van der Waals surface area contributed by atoms with Gasteiger partial charge in [-0.25, -0.2) is 4.39 Å². The second-order valence-corrected chi connectivity index (χ2v) is 8.65. The highest BCUT2D eigenvalue weighted by Crippen LogP contribution is 2.42. The minimum Gasteiger partial charge on any atom is -0.497 e. The molecular weight excluding hydrogens is 391 g/mol. The number of halogens is 1. The van der Waals surface area contributed by atoms with Crippen LogP contribution >= 0.6 is 0 Å². The maximum atomic E-state index is 13.1. The second-order valence-electron chi connectivity index (χ2n) is 8.65. The number of hydrogen-bond acceptors (Lipinski definition) is 4. The van der Waals surface area contributed by atoms with Crippen molar-refractivity contribution in [1.29, 1.82) is 0 Å². The number of ether oxygens (including phenoxy) is 1. The molecule has 0 aliphatic carbocycles. The van der Waals surface area contributed by atoms with Gasteiger partial charge in [-0.2, -0.15) is 0 Å². The van der Waals surface area contributed by atoms with E-state index in [9.17, 15) is 9.50 Å². The summed E-state index contributed by atoms with van der Waals surface area (Å²) in [7, 11) is 1.65. The van der Waals surface area contributed by atoms with Crippen LogP contribution in [-0.2, 0) is 0 Å². The maximum absolute atomic E-state index is 13.1. The summed E-state index contributed by atoms with van der Waals surface area (Å²) >= 11 is 0. The number of piperidine rings is 3. The summed E-state index contributed by atoms with van der Waals surface area (Å²) in [5.41, 5.74) is 2.81. The molecule has 31 heavy (non-hydrogen) atoms. The molecule has 5 heteroatoms. The van der Waals surface area contributed by atoms with Crippen molar-refractivity contribution in [1.82, 2.24) is 9.88 Å². The molecule has 160 valence electrons. The predicted octanol–water partition coefficient (Wildman–Crippen LogP) is 4.84. The fourth-order valence-corrected chi connectivity index (χ4v) is 5.20. The van der Waals surface area contributed by atoms with Gasteiger partial charge in [0.2, 0.25) is 0 Å². The Balaban J connectivity index is 1.35. The number of benzene rings is 2. The maximum Gasteiger partial charge on any atom is 0.123 e. The molecule has 3 saturated heterocycles. The van der Waals surface area contributed by atoms with E-state index >= 15 is 0 Å². The molecule has 3 aliphatic heterocycles. The molecule has 4 heterocycles. The van der Waals surface area contributed by atoms with Crippen molar-refractivity contribution >= 4 is 17.0 Å². The zero-order valence-electron chi connectivity index (χ0n) is 17.6. The summed E-state index contributed by atoms with van der Waals surface area (Å²) in [6.45, 7) is 1.95. The third-order valence-electron chi connectivity index (χ3n) is 6.92. The van der Waals surface area contributed by atoms with E-state index in [0.717, 1.165) is 53.7 Å². The number of fused-ring (bicyclic) bond motifs is 4. The molecule has 1 unspecified atom stereocenters. The Bertz CT molecular complexity index is 1100. The highest BCUT2D eigenvalue weighted by Gasteiger charge is 2.42. The summed E-state index contributed by atoms with van der Waals surface area (Å²) in [6.07, 6.45) is 7.68. The highest BCUT2D eigenvalue weighted by molar-refractivity contribution is 5.84. The van der Waals surface area contributed by atoms with Crippen LogP contribution in [0.25, 0.3) is 17.0 Å². The summed E-state index contributed by atoms with van der Waals surface area (Å²) < 4.78 is 18.5. The minimum absolute atomic E-state index is 0.103. The molecule has 0 spiro atoms. The van der Waals surface area contributed by atoms with E-state index in [2.05, 4.69) is 22.0 Å². The number of hydrogen-bond donors (Lipinski definition) is 1. The Morgan fingerprint density at radius 2 is 2.03 bits per heavy atom. The molecule has 4 nitrogen and oxygen atoms in total. The van der Waals surface area contributed by atoms with Crippen molar-refractivity contribution in [2.24, 2.45) is 11.8 Å². The largest absolute Gasteiger partial charge is 0.497 e. The third kappa shape index (κ3) is 3.95. The molecule has 0 amide bonds. The number of rotatable bonds is 5. The molecule has 0 saturated carbocycles. The van der Waals surface area contributed by atoms with Gasteiger partial charge in [0, 0.05) is 24.2 Å². The first kappa shape index (κ1) is 20.2. The summed E-state index contributed by atoms with van der Waals surface area (Å²) in [5.74, 6) is 1.56. The van der Waals surface area contributed by atoms with Crippen LogP contribution in [0.2, 0.25) is 0 Å². The zero-order valence-corrected chi connectivity index (χ0v) is 17.6. The third-order valence-corrected chi connectivity index (χ3v) is 6.92. The van der Waals surface area contributed by atoms with Gasteiger partial charge in [0.25, 0.3) is 0 Å². The highest BCUT2D eigenvalue weighted by atomic mass is 19.1. The van der Waals surface area contributed by atoms with Gasteiger partial charge in [-0.1, -0.05) is 24.3 Å². The van der Waals surface area contributed by atoms with E-state index in [0.29, 0.717) is 11.8 Å². The van der Waals surface area contributed by atoms with Crippen molar-refractivity contribution in [3.8, 4) is 5.75 Å². The molecule has 2 aromatic carbocycles. The average Bonchev–Trinajstić information content (AvgIpc) is 2.83. The Morgan fingerprint density at radius 1 is 1.19 bits per heavy atom. The lowest BCUT2D eigenvalue weighted by Crippen LogP contribution is -2.54. The van der Waals surface area contributed by atoms with Crippen molar-refractivity contribution < 1.29 is 14.2 Å². The monoisotopic (exact) mass is 418 g/mol. The molecule has 1 N–H and O–H groups in total. The standard InChI is InChI=1S/C26H27FN2O2/c1-31-21-8-9-24-23(15-21)22(10-12-28-24)26(30)25-14-18-11-13-29(25)16-19(18)5-2-17-3-6-20(27)7-4-17/h2-10,12,15,18-19,25-26,30H,11,13-14,16H2,1H3/b5-2+/t18-,19+,25-,26-/m1/s1. The molecule has 5 atom stereocenters. The Hall–Kier alpha value is -2.76. The Labute approximate surface area is 182 Å². The van der Waals surface area contributed by atoms with E-state index in [1.165, 1.54) is 12.1 Å². The number of aliphatic hydroxyl groups is 1. The van der Waals surface area contributed by atoms with E-state index in [1.54, 1.807) is 13.3 Å². The number of nitrogens with zero attached hydrogens (tertiary/aromatic N) is 2. The van der Waals surface area contributed by atoms with Gasteiger partial charge in [-0.15, -0.1) is 0 Å². The molecule has 2 bridgehead atoms. The SMILES string of the molecule is COc1ccc2nccc([C@@H](O)[C@H]3C[C@H]4CCN3C[C@@H]4/C=C/c3ccc(F)cc3)c2c1. The first-order valence-corrected chi connectivity index (χ1v) is 10.9. The average molecular weight is 419 g/mol. The van der Waals surface area contributed by atoms with Crippen LogP contribution < -0.4 is 4.74 Å². The smallest absolute Gasteiger partial charge is 0.123 e. The van der Waals surface area contributed by atoms with E-state index in [4.69, 9.17) is 4.74 Å². The van der Waals surface area contributed by atoms with Crippen LogP contribution in [-0.4, -0.2) is 41.2 Å². The lowest BCUT2D eigenvalue weighted by atomic mass is 9.73. The first-order chi connectivity index (χ1) is 15.1. The van der Waals surface area contributed by atoms with Gasteiger partial charge < -0.3 is 9.84 Å². The molecule has 3 aliphatic rings. The van der Waals surface area contributed by atoms with Gasteiger partial charge in [-0.3, -0.25) is 9.88 Å². The van der Waals surface area contributed by atoms with Crippen LogP contribution in [0.15, 0.2) is 60.8 Å². The van der Waals surface area contributed by atoms with Gasteiger partial charge >= 0.3 is 0 Å². The lowest BCUT2D eigenvalue weighted by Gasteiger charge is -2.50. The van der Waals surface area contributed by atoms with Crippen LogP contribution in [0.1, 0.15) is 30.1 Å². The predicted molar refractivity (Wildman–Crippen MR) is 120 cm³/mol. The van der Waals surface area contributed by atoms with E-state index in [-0.39, 0.29) is 11.9 Å². The molecule has 1 aromatic heterocycles. The summed E-state index contributed by atoms with van der Waals surface area (Å²) in [6, 6.07) is 14.4. The molecule has 6 rings (SSSR count). The van der Waals surface area contributed by atoms with Gasteiger partial charge in [0.05, 0.1) is 18.7 Å². The quantitative estimate of drug-likeness (QED) is 0.644. The Morgan fingerprint density at radius 3 is 2.77 bits per heavy atom. The minimum atomic E-state index is -0.567. The van der Waals surface area contributed by atoms with Crippen molar-refractivity contribution in [3.63, 3.8) is 0 Å². The van der Waals surface area contributed by atoms with Crippen LogP contribution in [0.3, 0.4) is 0 Å². The van der Waals surface area contributed by atoms with E-state index in [1.807, 2.05) is 36.4 Å². The van der Waals surface area contributed by atoms with Crippen molar-refractivity contribution in [3.05, 3.63) is 77.7 Å².